The van der Waals surface area contributed by atoms with Gasteiger partial charge in [-0.05, 0) is 19.8 Å². The molecule has 1 aromatic rings. The van der Waals surface area contributed by atoms with Crippen molar-refractivity contribution in [3.8, 4) is 0 Å². The zero-order chi connectivity index (χ0) is 14.6. The van der Waals surface area contributed by atoms with Gasteiger partial charge in [0.1, 0.15) is 0 Å². The third-order valence-electron chi connectivity index (χ3n) is 2.83. The van der Waals surface area contributed by atoms with Crippen molar-refractivity contribution < 1.29 is 23.0 Å². The van der Waals surface area contributed by atoms with Crippen LogP contribution in [0, 0.1) is 0 Å². The van der Waals surface area contributed by atoms with Crippen LogP contribution in [-0.2, 0) is 24.1 Å². The van der Waals surface area contributed by atoms with Crippen LogP contribution in [-0.4, -0.2) is 27.9 Å². The van der Waals surface area contributed by atoms with Gasteiger partial charge in [0.15, 0.2) is 0 Å². The molecular weight excluding hydrogens is 261 g/mol. The predicted octanol–water partition coefficient (Wildman–Crippen LogP) is 2.60. The van der Waals surface area contributed by atoms with E-state index in [1.165, 1.54) is 4.68 Å². The first-order valence-electron chi connectivity index (χ1n) is 6.27. The van der Waals surface area contributed by atoms with Crippen LogP contribution in [0.25, 0.3) is 0 Å². The van der Waals surface area contributed by atoms with Crippen molar-refractivity contribution in [1.82, 2.24) is 9.78 Å². The fraction of sp³-hybridized carbons (Fsp3) is 0.750. The molecule has 0 aliphatic heterocycles. The highest BCUT2D eigenvalue weighted by Crippen LogP contribution is 2.24. The number of alkyl halides is 3. The molecule has 0 aliphatic rings. The molecule has 0 aliphatic carbocycles. The number of aryl methyl sites for hydroxylation is 1. The molecule has 1 N–H and O–H groups in total. The van der Waals surface area contributed by atoms with Crippen molar-refractivity contribution >= 4 is 0 Å². The third-order valence-corrected chi connectivity index (χ3v) is 2.83. The van der Waals surface area contributed by atoms with Crippen molar-refractivity contribution in [3.05, 3.63) is 17.0 Å². The Morgan fingerprint density at radius 2 is 1.95 bits per heavy atom. The molecule has 0 bridgehead atoms. The van der Waals surface area contributed by atoms with E-state index in [-0.39, 0.29) is 6.54 Å². The van der Waals surface area contributed by atoms with Crippen LogP contribution >= 0.6 is 0 Å². The standard InChI is InChI=1S/C12H19F3N2O2/c1-4-9-11(8(3)18)10(5-2)17(16-9)6-7-19-12(13,14)15/h8,18H,4-7H2,1-3H3. The first-order valence-corrected chi connectivity index (χ1v) is 6.27. The van der Waals surface area contributed by atoms with Crippen molar-refractivity contribution in [3.63, 3.8) is 0 Å². The number of halogens is 3. The minimum atomic E-state index is -4.62. The molecule has 1 aromatic heterocycles. The van der Waals surface area contributed by atoms with Gasteiger partial charge >= 0.3 is 6.36 Å². The van der Waals surface area contributed by atoms with Gasteiger partial charge in [0, 0.05) is 11.3 Å². The summed E-state index contributed by atoms with van der Waals surface area (Å²) in [5, 5.41) is 14.0. The second kappa shape index (κ2) is 6.38. The zero-order valence-electron chi connectivity index (χ0n) is 11.3. The van der Waals surface area contributed by atoms with E-state index in [1.807, 2.05) is 13.8 Å². The third kappa shape index (κ3) is 4.21. The summed E-state index contributed by atoms with van der Waals surface area (Å²) in [5.74, 6) is 0. The summed E-state index contributed by atoms with van der Waals surface area (Å²) in [5.41, 5.74) is 2.20. The van der Waals surface area contributed by atoms with Crippen LogP contribution in [0.1, 0.15) is 43.8 Å². The molecule has 19 heavy (non-hydrogen) atoms. The van der Waals surface area contributed by atoms with Crippen LogP contribution in [0.2, 0.25) is 0 Å². The Morgan fingerprint density at radius 3 is 2.37 bits per heavy atom. The summed E-state index contributed by atoms with van der Waals surface area (Å²) < 4.78 is 41.0. The van der Waals surface area contributed by atoms with Crippen molar-refractivity contribution in [2.24, 2.45) is 0 Å². The molecule has 1 atom stereocenters. The molecule has 0 radical (unpaired) electrons. The lowest BCUT2D eigenvalue weighted by molar-refractivity contribution is -0.325. The second-order valence-electron chi connectivity index (χ2n) is 4.21. The Kier molecular flexibility index (Phi) is 5.37. The largest absolute Gasteiger partial charge is 0.522 e. The molecule has 0 aromatic carbocycles. The van der Waals surface area contributed by atoms with E-state index in [0.717, 1.165) is 17.0 Å². The SMILES string of the molecule is CCc1nn(CCOC(F)(F)F)c(CC)c1C(C)O. The monoisotopic (exact) mass is 280 g/mol. The summed E-state index contributed by atoms with van der Waals surface area (Å²) in [6.45, 7) is 4.93. The van der Waals surface area contributed by atoms with Gasteiger partial charge in [0.25, 0.3) is 0 Å². The normalized spacial score (nSPS) is 13.8. The molecule has 7 heteroatoms. The first-order chi connectivity index (χ1) is 8.80. The van der Waals surface area contributed by atoms with Crippen LogP contribution in [0.5, 0.6) is 0 Å². The van der Waals surface area contributed by atoms with E-state index < -0.39 is 19.1 Å². The Hall–Kier alpha value is -1.08. The summed E-state index contributed by atoms with van der Waals surface area (Å²) in [6, 6.07) is 0. The molecule has 1 unspecified atom stereocenters. The van der Waals surface area contributed by atoms with Crippen molar-refractivity contribution in [2.75, 3.05) is 6.61 Å². The maximum atomic E-state index is 11.9. The highest BCUT2D eigenvalue weighted by molar-refractivity contribution is 5.28. The average Bonchev–Trinajstić information content (AvgIpc) is 2.65. The van der Waals surface area contributed by atoms with Gasteiger partial charge in [0.2, 0.25) is 0 Å². The molecule has 110 valence electrons. The second-order valence-corrected chi connectivity index (χ2v) is 4.21. The first kappa shape index (κ1) is 16.0. The molecule has 0 saturated carbocycles. The number of aliphatic hydroxyl groups is 1. The van der Waals surface area contributed by atoms with Crippen LogP contribution in [0.3, 0.4) is 0 Å². The number of nitrogens with zero attached hydrogens (tertiary/aromatic N) is 2. The predicted molar refractivity (Wildman–Crippen MR) is 63.6 cm³/mol. The molecule has 4 nitrogen and oxygen atoms in total. The van der Waals surface area contributed by atoms with Gasteiger partial charge in [0.05, 0.1) is 24.9 Å². The molecule has 1 heterocycles. The van der Waals surface area contributed by atoms with Gasteiger partial charge in [-0.3, -0.25) is 9.42 Å². The topological polar surface area (TPSA) is 47.3 Å². The lowest BCUT2D eigenvalue weighted by atomic mass is 10.0. The molecule has 0 saturated heterocycles. The molecule has 1 rings (SSSR count). The van der Waals surface area contributed by atoms with Gasteiger partial charge < -0.3 is 5.11 Å². The van der Waals surface area contributed by atoms with E-state index in [1.54, 1.807) is 6.92 Å². The maximum absolute atomic E-state index is 11.9. The smallest absolute Gasteiger partial charge is 0.389 e. The van der Waals surface area contributed by atoms with Crippen LogP contribution in [0.15, 0.2) is 0 Å². The Bertz CT molecular complexity index is 414. The van der Waals surface area contributed by atoms with Crippen LogP contribution < -0.4 is 0 Å². The number of aromatic nitrogens is 2. The van der Waals surface area contributed by atoms with E-state index in [0.29, 0.717) is 12.8 Å². The number of rotatable bonds is 6. The molecule has 0 fully saturated rings. The summed E-state index contributed by atoms with van der Waals surface area (Å²) in [4.78, 5) is 0. The number of hydrogen-bond acceptors (Lipinski definition) is 3. The number of ether oxygens (including phenoxy) is 1. The van der Waals surface area contributed by atoms with Gasteiger partial charge in [-0.25, -0.2) is 0 Å². The average molecular weight is 280 g/mol. The summed E-state index contributed by atoms with van der Waals surface area (Å²) in [7, 11) is 0. The molecule has 0 amide bonds. The summed E-state index contributed by atoms with van der Waals surface area (Å²) in [6.07, 6.45) is -4.08. The molecular formula is C12H19F3N2O2. The minimum Gasteiger partial charge on any atom is -0.389 e. The zero-order valence-corrected chi connectivity index (χ0v) is 11.3. The number of hydrogen-bond donors (Lipinski definition) is 1. The maximum Gasteiger partial charge on any atom is 0.522 e. The summed E-state index contributed by atoms with van der Waals surface area (Å²) >= 11 is 0. The number of aliphatic hydroxyl groups excluding tert-OH is 1. The van der Waals surface area contributed by atoms with Gasteiger partial charge in [-0.2, -0.15) is 5.10 Å². The fourth-order valence-electron chi connectivity index (χ4n) is 2.11. The Labute approximate surface area is 110 Å². The minimum absolute atomic E-state index is 0.0163. The van der Waals surface area contributed by atoms with E-state index in [2.05, 4.69) is 9.84 Å². The quantitative estimate of drug-likeness (QED) is 0.871. The van der Waals surface area contributed by atoms with Crippen LogP contribution in [0.4, 0.5) is 13.2 Å². The van der Waals surface area contributed by atoms with Gasteiger partial charge in [-0.15, -0.1) is 13.2 Å². The lowest BCUT2D eigenvalue weighted by Crippen LogP contribution is -2.19. The highest BCUT2D eigenvalue weighted by Gasteiger charge is 2.29. The van der Waals surface area contributed by atoms with E-state index in [4.69, 9.17) is 0 Å². The van der Waals surface area contributed by atoms with Gasteiger partial charge in [-0.1, -0.05) is 13.8 Å². The molecule has 0 spiro atoms. The van der Waals surface area contributed by atoms with E-state index in [9.17, 15) is 18.3 Å². The lowest BCUT2D eigenvalue weighted by Gasteiger charge is -2.11. The Morgan fingerprint density at radius 1 is 1.32 bits per heavy atom. The van der Waals surface area contributed by atoms with E-state index >= 15 is 0 Å². The van der Waals surface area contributed by atoms with Crippen molar-refractivity contribution in [1.29, 1.82) is 0 Å². The fourth-order valence-corrected chi connectivity index (χ4v) is 2.11. The van der Waals surface area contributed by atoms with Crippen molar-refractivity contribution in [2.45, 2.75) is 52.6 Å². The Balaban J connectivity index is 2.89. The highest BCUT2D eigenvalue weighted by atomic mass is 19.4.